The zero-order valence-corrected chi connectivity index (χ0v) is 15.2. The molecule has 136 valence electrons. The van der Waals surface area contributed by atoms with Crippen LogP contribution in [0.1, 0.15) is 35.8 Å². The molecule has 0 aliphatic carbocycles. The third kappa shape index (κ3) is 4.29. The number of rotatable bonds is 6. The Hall–Kier alpha value is -2.66. The highest BCUT2D eigenvalue weighted by Gasteiger charge is 2.29. The summed E-state index contributed by atoms with van der Waals surface area (Å²) in [5.41, 5.74) is 2.29. The Labute approximate surface area is 154 Å². The highest BCUT2D eigenvalue weighted by Crippen LogP contribution is 2.21. The van der Waals surface area contributed by atoms with Crippen molar-refractivity contribution >= 4 is 17.5 Å². The summed E-state index contributed by atoms with van der Waals surface area (Å²) >= 11 is 0. The van der Waals surface area contributed by atoms with Crippen molar-refractivity contribution < 1.29 is 9.59 Å². The fraction of sp³-hybridized carbons (Fsp3) is 0.333. The lowest BCUT2D eigenvalue weighted by Crippen LogP contribution is -2.49. The van der Waals surface area contributed by atoms with Crippen LogP contribution in [0.25, 0.3) is 0 Å². The highest BCUT2D eigenvalue weighted by atomic mass is 16.2. The monoisotopic (exact) mass is 351 g/mol. The first-order valence-electron chi connectivity index (χ1n) is 9.02. The minimum atomic E-state index is -0.148. The first-order valence-corrected chi connectivity index (χ1v) is 9.02. The molecule has 0 radical (unpaired) electrons. The fourth-order valence-corrected chi connectivity index (χ4v) is 2.99. The number of amides is 2. The minimum Gasteiger partial charge on any atom is -0.349 e. The molecular formula is C21H25N3O2. The first kappa shape index (κ1) is 18.1. The molecule has 5 nitrogen and oxygen atoms in total. The zero-order chi connectivity index (χ0) is 18.5. The van der Waals surface area contributed by atoms with Crippen LogP contribution in [0, 0.1) is 11.8 Å². The molecule has 0 saturated carbocycles. The predicted molar refractivity (Wildman–Crippen MR) is 103 cm³/mol. The molecule has 26 heavy (non-hydrogen) atoms. The van der Waals surface area contributed by atoms with Crippen LogP contribution in [0.5, 0.6) is 0 Å². The van der Waals surface area contributed by atoms with Crippen LogP contribution >= 0.6 is 0 Å². The van der Waals surface area contributed by atoms with Crippen LogP contribution in [0.15, 0.2) is 54.6 Å². The van der Waals surface area contributed by atoms with Crippen molar-refractivity contribution in [2.24, 2.45) is 11.8 Å². The van der Waals surface area contributed by atoms with Crippen molar-refractivity contribution in [1.29, 1.82) is 0 Å². The molecule has 1 aliphatic rings. The van der Waals surface area contributed by atoms with Crippen LogP contribution in [-0.4, -0.2) is 24.9 Å². The van der Waals surface area contributed by atoms with Gasteiger partial charge in [0.05, 0.1) is 6.04 Å². The molecule has 5 heteroatoms. The molecule has 1 fully saturated rings. The number of anilines is 1. The topological polar surface area (TPSA) is 70.2 Å². The Morgan fingerprint density at radius 2 is 1.77 bits per heavy atom. The maximum Gasteiger partial charge on any atom is 0.255 e. The molecular weight excluding hydrogens is 326 g/mol. The molecule has 2 unspecified atom stereocenters. The lowest BCUT2D eigenvalue weighted by molar-refractivity contribution is -0.127. The summed E-state index contributed by atoms with van der Waals surface area (Å²) in [5.74, 6) is 0.339. The average molecular weight is 351 g/mol. The molecule has 2 aromatic carbocycles. The van der Waals surface area contributed by atoms with E-state index in [0.717, 1.165) is 18.7 Å². The lowest BCUT2D eigenvalue weighted by atomic mass is 9.88. The van der Waals surface area contributed by atoms with Crippen molar-refractivity contribution in [1.82, 2.24) is 10.6 Å². The molecule has 2 atom stereocenters. The molecule has 0 spiro atoms. The number of benzene rings is 2. The van der Waals surface area contributed by atoms with Crippen LogP contribution < -0.4 is 16.0 Å². The first-order chi connectivity index (χ1) is 12.5. The number of carbonyl (C=O) groups excluding carboxylic acids is 2. The van der Waals surface area contributed by atoms with E-state index in [1.165, 1.54) is 0 Å². The summed E-state index contributed by atoms with van der Waals surface area (Å²) in [4.78, 5) is 24.7. The Morgan fingerprint density at radius 1 is 1.04 bits per heavy atom. The third-order valence-electron chi connectivity index (χ3n) is 4.97. The summed E-state index contributed by atoms with van der Waals surface area (Å²) < 4.78 is 0. The summed E-state index contributed by atoms with van der Waals surface area (Å²) in [6.07, 6.45) is 0. The molecule has 1 aliphatic heterocycles. The second-order valence-electron chi connectivity index (χ2n) is 6.88. The van der Waals surface area contributed by atoms with E-state index in [0.29, 0.717) is 17.2 Å². The summed E-state index contributed by atoms with van der Waals surface area (Å²) in [6, 6.07) is 16.6. The molecule has 0 bridgehead atoms. The molecule has 0 aromatic heterocycles. The minimum absolute atomic E-state index is 0.000309. The summed E-state index contributed by atoms with van der Waals surface area (Å²) in [5, 5.41) is 9.18. The van der Waals surface area contributed by atoms with Crippen molar-refractivity contribution in [3.05, 3.63) is 65.7 Å². The van der Waals surface area contributed by atoms with Gasteiger partial charge in [-0.2, -0.15) is 0 Å². The zero-order valence-electron chi connectivity index (χ0n) is 15.2. The Morgan fingerprint density at radius 3 is 2.42 bits per heavy atom. The molecule has 2 aromatic rings. The van der Waals surface area contributed by atoms with E-state index in [-0.39, 0.29) is 23.8 Å². The van der Waals surface area contributed by atoms with Crippen LogP contribution in [0.3, 0.4) is 0 Å². The number of hydrogen-bond acceptors (Lipinski definition) is 3. The van der Waals surface area contributed by atoms with Gasteiger partial charge in [0.25, 0.3) is 5.91 Å². The van der Waals surface area contributed by atoms with Gasteiger partial charge in [0.15, 0.2) is 0 Å². The van der Waals surface area contributed by atoms with E-state index >= 15 is 0 Å². The number of carbonyl (C=O) groups is 2. The third-order valence-corrected chi connectivity index (χ3v) is 4.97. The van der Waals surface area contributed by atoms with Crippen molar-refractivity contribution in [3.63, 3.8) is 0 Å². The van der Waals surface area contributed by atoms with Gasteiger partial charge in [-0.05, 0) is 55.8 Å². The molecule has 1 heterocycles. The van der Waals surface area contributed by atoms with E-state index < -0.39 is 0 Å². The van der Waals surface area contributed by atoms with Gasteiger partial charge in [0.1, 0.15) is 0 Å². The maximum atomic E-state index is 12.4. The van der Waals surface area contributed by atoms with Crippen LogP contribution in [-0.2, 0) is 4.79 Å². The van der Waals surface area contributed by atoms with Gasteiger partial charge in [-0.15, -0.1) is 0 Å². The Balaban J connectivity index is 1.62. The van der Waals surface area contributed by atoms with Gasteiger partial charge in [0.2, 0.25) is 5.91 Å². The number of hydrogen-bond donors (Lipinski definition) is 3. The summed E-state index contributed by atoms with van der Waals surface area (Å²) in [6.45, 7) is 5.75. The van der Waals surface area contributed by atoms with Gasteiger partial charge in [-0.25, -0.2) is 0 Å². The molecule has 2 amide bonds. The lowest BCUT2D eigenvalue weighted by Gasteiger charge is -2.32. The standard InChI is InChI=1S/C21H25N3O2/c1-14(18-12-22-13-18)20(25)23-15(2)17-9-6-10-19(11-17)24-21(26)16-7-4-3-5-8-16/h3-11,14-15,18,22H,12-13H2,1-2H3,(H,23,25)(H,24,26). The molecule has 3 N–H and O–H groups in total. The average Bonchev–Trinajstić information content (AvgIpc) is 2.61. The van der Waals surface area contributed by atoms with E-state index in [2.05, 4.69) is 16.0 Å². The van der Waals surface area contributed by atoms with Crippen LogP contribution in [0.4, 0.5) is 5.69 Å². The fourth-order valence-electron chi connectivity index (χ4n) is 2.99. The Kier molecular flexibility index (Phi) is 5.68. The van der Waals surface area contributed by atoms with Gasteiger partial charge in [0, 0.05) is 17.2 Å². The summed E-state index contributed by atoms with van der Waals surface area (Å²) in [7, 11) is 0. The van der Waals surface area contributed by atoms with E-state index in [4.69, 9.17) is 0 Å². The van der Waals surface area contributed by atoms with Crippen LogP contribution in [0.2, 0.25) is 0 Å². The van der Waals surface area contributed by atoms with E-state index in [1.54, 1.807) is 12.1 Å². The maximum absolute atomic E-state index is 12.4. The number of nitrogens with one attached hydrogen (secondary N) is 3. The SMILES string of the molecule is CC(NC(=O)C(C)C1CNC1)c1cccc(NC(=O)c2ccccc2)c1. The van der Waals surface area contributed by atoms with Crippen molar-refractivity contribution in [3.8, 4) is 0 Å². The molecule has 3 rings (SSSR count). The Bertz CT molecular complexity index is 772. The van der Waals surface area contributed by atoms with Gasteiger partial charge in [-0.3, -0.25) is 9.59 Å². The van der Waals surface area contributed by atoms with Gasteiger partial charge < -0.3 is 16.0 Å². The predicted octanol–water partition coefficient (Wildman–Crippen LogP) is 2.97. The van der Waals surface area contributed by atoms with E-state index in [9.17, 15) is 9.59 Å². The second kappa shape index (κ2) is 8.15. The second-order valence-corrected chi connectivity index (χ2v) is 6.88. The van der Waals surface area contributed by atoms with Crippen molar-refractivity contribution in [2.75, 3.05) is 18.4 Å². The largest absolute Gasteiger partial charge is 0.349 e. The normalized spacial score (nSPS) is 16.2. The smallest absolute Gasteiger partial charge is 0.255 e. The van der Waals surface area contributed by atoms with E-state index in [1.807, 2.05) is 56.3 Å². The van der Waals surface area contributed by atoms with Crippen molar-refractivity contribution in [2.45, 2.75) is 19.9 Å². The van der Waals surface area contributed by atoms with Gasteiger partial charge >= 0.3 is 0 Å². The van der Waals surface area contributed by atoms with Gasteiger partial charge in [-0.1, -0.05) is 37.3 Å². The molecule has 1 saturated heterocycles. The highest BCUT2D eigenvalue weighted by molar-refractivity contribution is 6.04. The quantitative estimate of drug-likeness (QED) is 0.749.